The van der Waals surface area contributed by atoms with Crippen molar-refractivity contribution >= 4 is 34.4 Å². The van der Waals surface area contributed by atoms with Gasteiger partial charge in [-0.1, -0.05) is 18.2 Å². The fraction of sp³-hybridized carbons (Fsp3) is 0.364. The zero-order valence-electron chi connectivity index (χ0n) is 16.2. The molecule has 0 atom stereocenters. The molecule has 0 fully saturated rings. The number of amides is 1. The third kappa shape index (κ3) is 3.36. The third-order valence-electron chi connectivity index (χ3n) is 5.29. The minimum atomic E-state index is 0.145. The molecule has 27 heavy (non-hydrogen) atoms. The van der Waals surface area contributed by atoms with Crippen LogP contribution in [0, 0.1) is 13.8 Å². The van der Waals surface area contributed by atoms with Crippen LogP contribution in [-0.2, 0) is 23.5 Å². The quantitative estimate of drug-likeness (QED) is 0.670. The Kier molecular flexibility index (Phi) is 4.96. The summed E-state index contributed by atoms with van der Waals surface area (Å²) in [4.78, 5) is 20.0. The van der Waals surface area contributed by atoms with Crippen LogP contribution in [0.4, 0.5) is 5.69 Å². The molecule has 0 aliphatic carbocycles. The number of carbonyl (C=O) groups excluding carboxylic acids is 1. The first-order valence-electron chi connectivity index (χ1n) is 9.42. The predicted molar refractivity (Wildman–Crippen MR) is 114 cm³/mol. The third-order valence-corrected chi connectivity index (χ3v) is 5.84. The van der Waals surface area contributed by atoms with Gasteiger partial charge in [0.15, 0.2) is 0 Å². The summed E-state index contributed by atoms with van der Waals surface area (Å²) in [5.41, 5.74) is 6.91. The number of thioether (sulfide) groups is 1. The van der Waals surface area contributed by atoms with Crippen molar-refractivity contribution in [1.29, 1.82) is 0 Å². The van der Waals surface area contributed by atoms with Crippen LogP contribution >= 0.6 is 11.8 Å². The Morgan fingerprint density at radius 1 is 1.22 bits per heavy atom. The van der Waals surface area contributed by atoms with E-state index in [1.54, 1.807) is 11.8 Å². The number of para-hydroxylation sites is 2. The minimum absolute atomic E-state index is 0.145. The maximum atomic E-state index is 13.3. The van der Waals surface area contributed by atoms with Crippen molar-refractivity contribution in [3.63, 3.8) is 0 Å². The Labute approximate surface area is 164 Å². The molecular formula is C22H25N3OS. The first-order chi connectivity index (χ1) is 13.1. The van der Waals surface area contributed by atoms with Gasteiger partial charge < -0.3 is 9.47 Å². The molecule has 0 spiro atoms. The molecule has 0 saturated carbocycles. The second-order valence-electron chi connectivity index (χ2n) is 7.26. The number of anilines is 1. The highest BCUT2D eigenvalue weighted by Crippen LogP contribution is 2.31. The van der Waals surface area contributed by atoms with Crippen molar-refractivity contribution in [2.24, 2.45) is 0 Å². The van der Waals surface area contributed by atoms with E-state index in [1.165, 1.54) is 16.7 Å². The second-order valence-corrected chi connectivity index (χ2v) is 8.13. The molecule has 1 amide bonds. The van der Waals surface area contributed by atoms with Gasteiger partial charge in [-0.05, 0) is 67.8 Å². The normalized spacial score (nSPS) is 13.8. The molecule has 2 heterocycles. The van der Waals surface area contributed by atoms with Gasteiger partial charge in [0.25, 0.3) is 0 Å². The topological polar surface area (TPSA) is 38.1 Å². The molecule has 0 N–H and O–H groups in total. The van der Waals surface area contributed by atoms with Crippen molar-refractivity contribution < 1.29 is 4.79 Å². The molecule has 0 saturated heterocycles. The lowest BCUT2D eigenvalue weighted by atomic mass is 9.95. The zero-order chi connectivity index (χ0) is 19.0. The van der Waals surface area contributed by atoms with Gasteiger partial charge >= 0.3 is 0 Å². The first-order valence-corrected chi connectivity index (χ1v) is 10.8. The summed E-state index contributed by atoms with van der Waals surface area (Å²) in [7, 11) is 0. The van der Waals surface area contributed by atoms with E-state index in [1.807, 2.05) is 23.1 Å². The molecule has 4 nitrogen and oxygen atoms in total. The van der Waals surface area contributed by atoms with Crippen molar-refractivity contribution in [2.45, 2.75) is 39.0 Å². The molecule has 140 valence electrons. The van der Waals surface area contributed by atoms with E-state index in [9.17, 15) is 4.79 Å². The molecule has 2 aromatic carbocycles. The summed E-state index contributed by atoms with van der Waals surface area (Å²) in [5.74, 6) is 1.91. The Morgan fingerprint density at radius 3 is 2.85 bits per heavy atom. The highest BCUT2D eigenvalue weighted by molar-refractivity contribution is 7.97. The van der Waals surface area contributed by atoms with Gasteiger partial charge in [-0.15, -0.1) is 0 Å². The molecule has 1 aliphatic heterocycles. The van der Waals surface area contributed by atoms with Crippen LogP contribution in [0.15, 0.2) is 36.4 Å². The summed E-state index contributed by atoms with van der Waals surface area (Å²) >= 11 is 1.73. The van der Waals surface area contributed by atoms with Crippen LogP contribution in [0.25, 0.3) is 11.0 Å². The van der Waals surface area contributed by atoms with Crippen molar-refractivity contribution in [3.8, 4) is 0 Å². The Balaban J connectivity index is 1.70. The molecule has 5 heteroatoms. The SMILES string of the molecule is CSCc1nc2ccccc2n1CC(=O)N1CCCc2c(C)cc(C)cc21. The Bertz CT molecular complexity index is 1010. The van der Waals surface area contributed by atoms with Gasteiger partial charge in [-0.25, -0.2) is 4.98 Å². The summed E-state index contributed by atoms with van der Waals surface area (Å²) in [6, 6.07) is 12.5. The molecular weight excluding hydrogens is 354 g/mol. The number of benzene rings is 2. The van der Waals surface area contributed by atoms with Gasteiger partial charge in [0.05, 0.1) is 16.8 Å². The molecule has 0 bridgehead atoms. The van der Waals surface area contributed by atoms with E-state index in [0.717, 1.165) is 47.7 Å². The molecule has 1 aromatic heterocycles. The van der Waals surface area contributed by atoms with E-state index in [2.05, 4.69) is 42.9 Å². The summed E-state index contributed by atoms with van der Waals surface area (Å²) in [6.45, 7) is 5.38. The smallest absolute Gasteiger partial charge is 0.246 e. The van der Waals surface area contributed by atoms with Gasteiger partial charge in [-0.2, -0.15) is 11.8 Å². The number of hydrogen-bond donors (Lipinski definition) is 0. The number of rotatable bonds is 4. The van der Waals surface area contributed by atoms with Crippen molar-refractivity contribution in [1.82, 2.24) is 9.55 Å². The second kappa shape index (κ2) is 7.39. The zero-order valence-corrected chi connectivity index (χ0v) is 17.0. The fourth-order valence-electron chi connectivity index (χ4n) is 4.10. The summed E-state index contributed by atoms with van der Waals surface area (Å²) < 4.78 is 2.09. The van der Waals surface area contributed by atoms with E-state index < -0.39 is 0 Å². The molecule has 4 rings (SSSR count). The minimum Gasteiger partial charge on any atom is -0.318 e. The lowest BCUT2D eigenvalue weighted by Gasteiger charge is -2.31. The number of hydrogen-bond acceptors (Lipinski definition) is 3. The average Bonchev–Trinajstić information content (AvgIpc) is 2.99. The van der Waals surface area contributed by atoms with Crippen molar-refractivity contribution in [3.05, 3.63) is 58.9 Å². The Hall–Kier alpha value is -2.27. The van der Waals surface area contributed by atoms with E-state index in [4.69, 9.17) is 4.98 Å². The van der Waals surface area contributed by atoms with E-state index >= 15 is 0 Å². The molecule has 0 radical (unpaired) electrons. The van der Waals surface area contributed by atoms with E-state index in [0.29, 0.717) is 6.54 Å². The standard InChI is InChI=1S/C22H25N3OS/c1-15-11-16(2)17-7-6-10-24(20(17)12-15)22(26)13-25-19-9-5-4-8-18(19)23-21(25)14-27-3/h4-5,8-9,11-12H,6-7,10,13-14H2,1-3H3. The monoisotopic (exact) mass is 379 g/mol. The van der Waals surface area contributed by atoms with Crippen LogP contribution in [-0.4, -0.2) is 28.3 Å². The van der Waals surface area contributed by atoms with Gasteiger partial charge in [-0.3, -0.25) is 4.79 Å². The molecule has 1 aliphatic rings. The number of fused-ring (bicyclic) bond motifs is 2. The Morgan fingerprint density at radius 2 is 2.04 bits per heavy atom. The number of carbonyl (C=O) groups is 1. The number of aryl methyl sites for hydroxylation is 2. The van der Waals surface area contributed by atoms with Gasteiger partial charge in [0.1, 0.15) is 12.4 Å². The maximum Gasteiger partial charge on any atom is 0.246 e. The van der Waals surface area contributed by atoms with E-state index in [-0.39, 0.29) is 5.91 Å². The summed E-state index contributed by atoms with van der Waals surface area (Å²) in [5, 5.41) is 0. The first kappa shape index (κ1) is 18.1. The lowest BCUT2D eigenvalue weighted by molar-refractivity contribution is -0.119. The van der Waals surface area contributed by atoms with Crippen LogP contribution < -0.4 is 4.90 Å². The van der Waals surface area contributed by atoms with Crippen LogP contribution in [0.3, 0.4) is 0 Å². The fourth-order valence-corrected chi connectivity index (χ4v) is 4.57. The number of aromatic nitrogens is 2. The van der Waals surface area contributed by atoms with Gasteiger partial charge in [0, 0.05) is 12.2 Å². The van der Waals surface area contributed by atoms with Crippen LogP contribution in [0.5, 0.6) is 0 Å². The predicted octanol–water partition coefficient (Wildman–Crippen LogP) is 4.50. The highest BCUT2D eigenvalue weighted by Gasteiger charge is 2.25. The molecule has 3 aromatic rings. The summed E-state index contributed by atoms with van der Waals surface area (Å²) in [6.07, 6.45) is 4.14. The van der Waals surface area contributed by atoms with Crippen molar-refractivity contribution in [2.75, 3.05) is 17.7 Å². The maximum absolute atomic E-state index is 13.3. The lowest BCUT2D eigenvalue weighted by Crippen LogP contribution is -2.38. The van der Waals surface area contributed by atoms with Crippen LogP contribution in [0.1, 0.15) is 28.9 Å². The molecule has 0 unspecified atom stereocenters. The largest absolute Gasteiger partial charge is 0.318 e. The highest BCUT2D eigenvalue weighted by atomic mass is 32.2. The number of imidazole rings is 1. The van der Waals surface area contributed by atoms with Crippen LogP contribution in [0.2, 0.25) is 0 Å². The average molecular weight is 380 g/mol. The number of nitrogens with zero attached hydrogens (tertiary/aromatic N) is 3. The van der Waals surface area contributed by atoms with Gasteiger partial charge in [0.2, 0.25) is 5.91 Å².